The van der Waals surface area contributed by atoms with E-state index < -0.39 is 6.04 Å². The van der Waals surface area contributed by atoms with E-state index >= 15 is 0 Å². The van der Waals surface area contributed by atoms with Crippen LogP contribution in [0.5, 0.6) is 0 Å². The van der Waals surface area contributed by atoms with Gasteiger partial charge in [-0.25, -0.2) is 0 Å². The van der Waals surface area contributed by atoms with Crippen LogP contribution in [0.25, 0.3) is 0 Å². The van der Waals surface area contributed by atoms with Crippen LogP contribution < -0.4 is 16.0 Å². The molecule has 0 aliphatic carbocycles. The SMILES string of the molecule is NC(C(=O)Nc1ccc(N2CCOCC2=O)cc1)c1ccccc1. The van der Waals surface area contributed by atoms with Crippen LogP contribution >= 0.6 is 0 Å². The average molecular weight is 325 g/mol. The topological polar surface area (TPSA) is 84.7 Å². The van der Waals surface area contributed by atoms with Crippen molar-refractivity contribution in [1.82, 2.24) is 0 Å². The first kappa shape index (κ1) is 16.2. The monoisotopic (exact) mass is 325 g/mol. The fourth-order valence-electron chi connectivity index (χ4n) is 2.55. The van der Waals surface area contributed by atoms with Crippen LogP contribution in [0.1, 0.15) is 11.6 Å². The number of nitrogens with one attached hydrogen (secondary N) is 1. The molecular weight excluding hydrogens is 306 g/mol. The van der Waals surface area contributed by atoms with Crippen LogP contribution in [0.2, 0.25) is 0 Å². The maximum atomic E-state index is 12.2. The summed E-state index contributed by atoms with van der Waals surface area (Å²) < 4.78 is 5.12. The molecule has 3 rings (SSSR count). The summed E-state index contributed by atoms with van der Waals surface area (Å²) in [7, 11) is 0. The molecule has 1 saturated heterocycles. The molecule has 6 nitrogen and oxygen atoms in total. The number of rotatable bonds is 4. The van der Waals surface area contributed by atoms with Crippen molar-refractivity contribution in [2.75, 3.05) is 30.0 Å². The molecule has 0 bridgehead atoms. The number of nitrogens with zero attached hydrogens (tertiary/aromatic N) is 1. The van der Waals surface area contributed by atoms with Crippen LogP contribution in [0.3, 0.4) is 0 Å². The van der Waals surface area contributed by atoms with Gasteiger partial charge in [-0.2, -0.15) is 0 Å². The van der Waals surface area contributed by atoms with Crippen molar-refractivity contribution in [3.05, 3.63) is 60.2 Å². The zero-order valence-electron chi connectivity index (χ0n) is 13.1. The summed E-state index contributed by atoms with van der Waals surface area (Å²) in [5, 5.41) is 2.79. The smallest absolute Gasteiger partial charge is 0.253 e. The van der Waals surface area contributed by atoms with E-state index in [0.717, 1.165) is 11.3 Å². The van der Waals surface area contributed by atoms with E-state index in [-0.39, 0.29) is 18.4 Å². The van der Waals surface area contributed by atoms with Crippen molar-refractivity contribution in [3.8, 4) is 0 Å². The van der Waals surface area contributed by atoms with E-state index in [2.05, 4.69) is 5.32 Å². The fourth-order valence-corrected chi connectivity index (χ4v) is 2.55. The number of morpholine rings is 1. The van der Waals surface area contributed by atoms with E-state index in [1.807, 2.05) is 30.3 Å². The van der Waals surface area contributed by atoms with Crippen LogP contribution in [0.15, 0.2) is 54.6 Å². The molecule has 1 aliphatic heterocycles. The maximum Gasteiger partial charge on any atom is 0.253 e. The molecule has 6 heteroatoms. The first-order valence-electron chi connectivity index (χ1n) is 7.75. The summed E-state index contributed by atoms with van der Waals surface area (Å²) in [6.45, 7) is 1.16. The second-order valence-electron chi connectivity index (χ2n) is 5.52. The van der Waals surface area contributed by atoms with Gasteiger partial charge in [-0.05, 0) is 29.8 Å². The zero-order valence-corrected chi connectivity index (χ0v) is 13.1. The number of ether oxygens (including phenoxy) is 1. The number of hydrogen-bond donors (Lipinski definition) is 2. The number of nitrogens with two attached hydrogens (primary N) is 1. The predicted octanol–water partition coefficient (Wildman–Crippen LogP) is 1.69. The molecule has 3 N–H and O–H groups in total. The summed E-state index contributed by atoms with van der Waals surface area (Å²) in [5.41, 5.74) is 8.15. The maximum absolute atomic E-state index is 12.2. The molecule has 24 heavy (non-hydrogen) atoms. The third-order valence-electron chi connectivity index (χ3n) is 3.87. The Hall–Kier alpha value is -2.70. The molecule has 0 saturated carbocycles. The van der Waals surface area contributed by atoms with Gasteiger partial charge in [0.05, 0.1) is 6.61 Å². The third-order valence-corrected chi connectivity index (χ3v) is 3.87. The highest BCUT2D eigenvalue weighted by molar-refractivity contribution is 5.97. The van der Waals surface area contributed by atoms with Crippen molar-refractivity contribution in [3.63, 3.8) is 0 Å². The summed E-state index contributed by atoms with van der Waals surface area (Å²) in [4.78, 5) is 25.7. The van der Waals surface area contributed by atoms with Crippen LogP contribution in [-0.2, 0) is 14.3 Å². The Labute approximate surface area is 140 Å². The minimum atomic E-state index is -0.730. The fraction of sp³-hybridized carbons (Fsp3) is 0.222. The molecular formula is C18H19N3O3. The van der Waals surface area contributed by atoms with Crippen molar-refractivity contribution in [2.45, 2.75) is 6.04 Å². The van der Waals surface area contributed by atoms with Gasteiger partial charge < -0.3 is 20.7 Å². The first-order valence-corrected chi connectivity index (χ1v) is 7.75. The van der Waals surface area contributed by atoms with Crippen molar-refractivity contribution < 1.29 is 14.3 Å². The Morgan fingerprint density at radius 1 is 1.12 bits per heavy atom. The Morgan fingerprint density at radius 2 is 1.83 bits per heavy atom. The van der Waals surface area contributed by atoms with Gasteiger partial charge in [0.15, 0.2) is 0 Å². The lowest BCUT2D eigenvalue weighted by atomic mass is 10.1. The number of hydrogen-bond acceptors (Lipinski definition) is 4. The van der Waals surface area contributed by atoms with Gasteiger partial charge in [0.2, 0.25) is 5.91 Å². The number of benzene rings is 2. The van der Waals surface area contributed by atoms with Crippen molar-refractivity contribution in [2.24, 2.45) is 5.73 Å². The van der Waals surface area contributed by atoms with Gasteiger partial charge in [-0.1, -0.05) is 30.3 Å². The molecule has 1 aliphatic rings. The molecule has 2 aromatic rings. The molecule has 2 aromatic carbocycles. The molecule has 1 atom stereocenters. The number of amides is 2. The molecule has 0 aromatic heterocycles. The van der Waals surface area contributed by atoms with E-state index in [1.165, 1.54) is 0 Å². The molecule has 1 heterocycles. The van der Waals surface area contributed by atoms with E-state index in [0.29, 0.717) is 18.8 Å². The average Bonchev–Trinajstić information content (AvgIpc) is 2.63. The third kappa shape index (κ3) is 3.61. The minimum absolute atomic E-state index is 0.0656. The van der Waals surface area contributed by atoms with Gasteiger partial charge in [0, 0.05) is 17.9 Å². The Morgan fingerprint density at radius 3 is 2.50 bits per heavy atom. The van der Waals surface area contributed by atoms with Gasteiger partial charge in [0.1, 0.15) is 12.6 Å². The number of carbonyl (C=O) groups is 2. The van der Waals surface area contributed by atoms with E-state index in [1.54, 1.807) is 29.2 Å². The molecule has 124 valence electrons. The van der Waals surface area contributed by atoms with Gasteiger partial charge >= 0.3 is 0 Å². The van der Waals surface area contributed by atoms with Crippen LogP contribution in [0, 0.1) is 0 Å². The standard InChI is InChI=1S/C18H19N3O3/c19-17(13-4-2-1-3-5-13)18(23)20-14-6-8-15(9-7-14)21-10-11-24-12-16(21)22/h1-9,17H,10-12,19H2,(H,20,23). The molecule has 0 radical (unpaired) electrons. The summed E-state index contributed by atoms with van der Waals surface area (Å²) >= 11 is 0. The Balaban J connectivity index is 1.65. The Kier molecular flexibility index (Phi) is 4.88. The predicted molar refractivity (Wildman–Crippen MR) is 91.6 cm³/mol. The minimum Gasteiger partial charge on any atom is -0.370 e. The van der Waals surface area contributed by atoms with E-state index in [9.17, 15) is 9.59 Å². The lowest BCUT2D eigenvalue weighted by molar-refractivity contribution is -0.125. The van der Waals surface area contributed by atoms with Crippen LogP contribution in [0.4, 0.5) is 11.4 Å². The second-order valence-corrected chi connectivity index (χ2v) is 5.52. The van der Waals surface area contributed by atoms with E-state index in [4.69, 9.17) is 10.5 Å². The van der Waals surface area contributed by atoms with Gasteiger partial charge in [-0.15, -0.1) is 0 Å². The van der Waals surface area contributed by atoms with Crippen molar-refractivity contribution in [1.29, 1.82) is 0 Å². The normalized spacial score (nSPS) is 15.9. The highest BCUT2D eigenvalue weighted by Gasteiger charge is 2.20. The van der Waals surface area contributed by atoms with Crippen LogP contribution in [-0.4, -0.2) is 31.6 Å². The molecule has 1 fully saturated rings. The van der Waals surface area contributed by atoms with Crippen molar-refractivity contribution >= 4 is 23.2 Å². The Bertz CT molecular complexity index is 716. The van der Waals surface area contributed by atoms with Gasteiger partial charge in [-0.3, -0.25) is 9.59 Å². The summed E-state index contributed by atoms with van der Waals surface area (Å²) in [5.74, 6) is -0.347. The molecule has 1 unspecified atom stereocenters. The zero-order chi connectivity index (χ0) is 16.9. The lowest BCUT2D eigenvalue weighted by Gasteiger charge is -2.27. The number of anilines is 2. The summed E-state index contributed by atoms with van der Waals surface area (Å²) in [6, 6.07) is 15.6. The highest BCUT2D eigenvalue weighted by atomic mass is 16.5. The van der Waals surface area contributed by atoms with Gasteiger partial charge in [0.25, 0.3) is 5.91 Å². The molecule has 2 amide bonds. The second kappa shape index (κ2) is 7.25. The number of carbonyl (C=O) groups excluding carboxylic acids is 2. The summed E-state index contributed by atoms with van der Waals surface area (Å²) in [6.07, 6.45) is 0. The quantitative estimate of drug-likeness (QED) is 0.896. The lowest BCUT2D eigenvalue weighted by Crippen LogP contribution is -2.41. The molecule has 0 spiro atoms. The highest BCUT2D eigenvalue weighted by Crippen LogP contribution is 2.20. The first-order chi connectivity index (χ1) is 11.6. The largest absolute Gasteiger partial charge is 0.370 e.